The largest absolute Gasteiger partial charge is 0.494 e. The molecule has 0 saturated carbocycles. The number of halogens is 2. The zero-order valence-electron chi connectivity index (χ0n) is 13.6. The number of carbonyl (C=O) groups is 1. The van der Waals surface area contributed by atoms with E-state index in [-0.39, 0.29) is 30.1 Å². The minimum Gasteiger partial charge on any atom is -0.494 e. The highest BCUT2D eigenvalue weighted by Crippen LogP contribution is 2.27. The second-order valence-corrected chi connectivity index (χ2v) is 5.28. The van der Waals surface area contributed by atoms with Crippen molar-refractivity contribution < 1.29 is 13.9 Å². The van der Waals surface area contributed by atoms with Crippen LogP contribution in [-0.4, -0.2) is 19.6 Å². The fraction of sp³-hybridized carbons (Fsp3) is 0.562. The van der Waals surface area contributed by atoms with Gasteiger partial charge in [-0.1, -0.05) is 19.9 Å². The van der Waals surface area contributed by atoms with E-state index in [9.17, 15) is 9.18 Å². The third-order valence-electron chi connectivity index (χ3n) is 4.25. The lowest BCUT2D eigenvalue weighted by Gasteiger charge is -2.30. The molecule has 1 aromatic carbocycles. The summed E-state index contributed by atoms with van der Waals surface area (Å²) >= 11 is 0. The fourth-order valence-electron chi connectivity index (χ4n) is 2.34. The SMILES string of the molecule is CCC(CC)(CN)C(=O)NC(C)c1ccc(OC)c(F)c1.Cl. The third kappa shape index (κ3) is 4.34. The van der Waals surface area contributed by atoms with Crippen LogP contribution < -0.4 is 15.8 Å². The van der Waals surface area contributed by atoms with Gasteiger partial charge in [-0.3, -0.25) is 4.79 Å². The van der Waals surface area contributed by atoms with Crippen LogP contribution in [0, 0.1) is 11.2 Å². The highest BCUT2D eigenvalue weighted by Gasteiger charge is 2.34. The number of benzene rings is 1. The lowest BCUT2D eigenvalue weighted by molar-refractivity contribution is -0.131. The van der Waals surface area contributed by atoms with Crippen molar-refractivity contribution in [2.24, 2.45) is 11.1 Å². The molecule has 4 nitrogen and oxygen atoms in total. The molecule has 0 aliphatic carbocycles. The first-order valence-corrected chi connectivity index (χ1v) is 7.28. The molecule has 3 N–H and O–H groups in total. The molecule has 0 fully saturated rings. The summed E-state index contributed by atoms with van der Waals surface area (Å²) in [5.74, 6) is -0.332. The van der Waals surface area contributed by atoms with Gasteiger partial charge >= 0.3 is 0 Å². The van der Waals surface area contributed by atoms with E-state index in [1.165, 1.54) is 13.2 Å². The molecule has 1 atom stereocenters. The summed E-state index contributed by atoms with van der Waals surface area (Å²) in [5.41, 5.74) is 5.91. The van der Waals surface area contributed by atoms with Crippen molar-refractivity contribution in [2.75, 3.05) is 13.7 Å². The lowest BCUT2D eigenvalue weighted by Crippen LogP contribution is -2.46. The summed E-state index contributed by atoms with van der Waals surface area (Å²) in [6.07, 6.45) is 1.35. The van der Waals surface area contributed by atoms with Gasteiger partial charge in [-0.05, 0) is 37.5 Å². The number of carbonyl (C=O) groups excluding carboxylic acids is 1. The summed E-state index contributed by atoms with van der Waals surface area (Å²) in [4.78, 5) is 12.4. The number of amides is 1. The molecular formula is C16H26ClFN2O2. The standard InChI is InChI=1S/C16H25FN2O2.ClH/c1-5-16(6-2,10-18)15(20)19-11(3)12-7-8-14(21-4)13(17)9-12;/h7-9,11H,5-6,10,18H2,1-4H3,(H,19,20);1H. The Morgan fingerprint density at radius 3 is 2.41 bits per heavy atom. The maximum Gasteiger partial charge on any atom is 0.227 e. The Kier molecular flexibility index (Phi) is 8.41. The highest BCUT2D eigenvalue weighted by molar-refractivity contribution is 5.85. The Hall–Kier alpha value is -1.33. The zero-order chi connectivity index (χ0) is 16.0. The molecular weight excluding hydrogens is 307 g/mol. The number of rotatable bonds is 7. The van der Waals surface area contributed by atoms with Gasteiger partial charge in [-0.15, -0.1) is 12.4 Å². The average Bonchev–Trinajstić information content (AvgIpc) is 2.49. The van der Waals surface area contributed by atoms with E-state index in [1.807, 2.05) is 20.8 Å². The number of ether oxygens (including phenoxy) is 1. The molecule has 0 spiro atoms. The number of nitrogens with two attached hydrogens (primary N) is 1. The van der Waals surface area contributed by atoms with Crippen molar-refractivity contribution in [3.63, 3.8) is 0 Å². The molecule has 1 unspecified atom stereocenters. The van der Waals surface area contributed by atoms with Crippen LogP contribution in [0.4, 0.5) is 4.39 Å². The number of nitrogens with one attached hydrogen (secondary N) is 1. The smallest absolute Gasteiger partial charge is 0.227 e. The molecule has 0 bridgehead atoms. The minimum atomic E-state index is -0.556. The summed E-state index contributed by atoms with van der Waals surface area (Å²) in [6.45, 7) is 6.03. The molecule has 1 amide bonds. The molecule has 0 aliphatic heterocycles. The Bertz CT molecular complexity index is 485. The van der Waals surface area contributed by atoms with Crippen LogP contribution in [0.2, 0.25) is 0 Å². The van der Waals surface area contributed by atoms with E-state index in [4.69, 9.17) is 10.5 Å². The van der Waals surface area contributed by atoms with Gasteiger partial charge in [0, 0.05) is 6.54 Å². The first kappa shape index (κ1) is 20.7. The Morgan fingerprint density at radius 2 is 2.00 bits per heavy atom. The van der Waals surface area contributed by atoms with Crippen LogP contribution in [-0.2, 0) is 4.79 Å². The average molecular weight is 333 g/mol. The van der Waals surface area contributed by atoms with Crippen molar-refractivity contribution in [3.05, 3.63) is 29.6 Å². The second-order valence-electron chi connectivity index (χ2n) is 5.28. The van der Waals surface area contributed by atoms with Gasteiger partial charge in [0.15, 0.2) is 11.6 Å². The van der Waals surface area contributed by atoms with Gasteiger partial charge in [0.1, 0.15) is 0 Å². The maximum atomic E-state index is 13.7. The first-order chi connectivity index (χ1) is 9.93. The topological polar surface area (TPSA) is 64.4 Å². The van der Waals surface area contributed by atoms with E-state index >= 15 is 0 Å². The van der Waals surface area contributed by atoms with Crippen LogP contribution in [0.15, 0.2) is 18.2 Å². The third-order valence-corrected chi connectivity index (χ3v) is 4.25. The summed E-state index contributed by atoms with van der Waals surface area (Å²) in [7, 11) is 1.42. The molecule has 22 heavy (non-hydrogen) atoms. The van der Waals surface area contributed by atoms with Gasteiger partial charge in [0.2, 0.25) is 5.91 Å². The first-order valence-electron chi connectivity index (χ1n) is 7.28. The number of methoxy groups -OCH3 is 1. The monoisotopic (exact) mass is 332 g/mol. The molecule has 0 saturated heterocycles. The Morgan fingerprint density at radius 1 is 1.41 bits per heavy atom. The molecule has 126 valence electrons. The molecule has 1 aromatic rings. The molecule has 6 heteroatoms. The molecule has 0 aromatic heterocycles. The van der Waals surface area contributed by atoms with E-state index in [2.05, 4.69) is 5.32 Å². The Balaban J connectivity index is 0.00000441. The van der Waals surface area contributed by atoms with Gasteiger partial charge in [0.25, 0.3) is 0 Å². The van der Waals surface area contributed by atoms with E-state index < -0.39 is 11.2 Å². The number of hydrogen-bond acceptors (Lipinski definition) is 3. The van der Waals surface area contributed by atoms with E-state index in [0.717, 1.165) is 0 Å². The van der Waals surface area contributed by atoms with Crippen LogP contribution in [0.1, 0.15) is 45.2 Å². The molecule has 1 rings (SSSR count). The highest BCUT2D eigenvalue weighted by atomic mass is 35.5. The predicted molar refractivity (Wildman–Crippen MR) is 88.8 cm³/mol. The van der Waals surface area contributed by atoms with Crippen molar-refractivity contribution in [2.45, 2.75) is 39.7 Å². The summed E-state index contributed by atoms with van der Waals surface area (Å²) in [6, 6.07) is 4.39. The van der Waals surface area contributed by atoms with Gasteiger partial charge in [-0.25, -0.2) is 4.39 Å². The van der Waals surface area contributed by atoms with Crippen molar-refractivity contribution in [1.29, 1.82) is 0 Å². The maximum absolute atomic E-state index is 13.7. The van der Waals surface area contributed by atoms with Crippen molar-refractivity contribution in [1.82, 2.24) is 5.32 Å². The van der Waals surface area contributed by atoms with E-state index in [1.54, 1.807) is 12.1 Å². The molecule has 0 radical (unpaired) electrons. The zero-order valence-corrected chi connectivity index (χ0v) is 14.4. The van der Waals surface area contributed by atoms with Crippen molar-refractivity contribution >= 4 is 18.3 Å². The second kappa shape index (κ2) is 8.96. The van der Waals surface area contributed by atoms with Gasteiger partial charge in [0.05, 0.1) is 18.6 Å². The normalized spacial score (nSPS) is 12.3. The van der Waals surface area contributed by atoms with Crippen molar-refractivity contribution in [3.8, 4) is 5.75 Å². The Labute approximate surface area is 138 Å². The van der Waals surface area contributed by atoms with Crippen LogP contribution in [0.25, 0.3) is 0 Å². The lowest BCUT2D eigenvalue weighted by atomic mass is 9.81. The van der Waals surface area contributed by atoms with Crippen LogP contribution in [0.3, 0.4) is 0 Å². The van der Waals surface area contributed by atoms with Crippen LogP contribution >= 0.6 is 12.4 Å². The van der Waals surface area contributed by atoms with Gasteiger partial charge in [-0.2, -0.15) is 0 Å². The molecule has 0 aliphatic rings. The predicted octanol–water partition coefficient (Wildman–Crippen LogP) is 3.20. The van der Waals surface area contributed by atoms with Gasteiger partial charge < -0.3 is 15.8 Å². The summed E-state index contributed by atoms with van der Waals surface area (Å²) in [5, 5.41) is 2.93. The molecule has 0 heterocycles. The van der Waals surface area contributed by atoms with Crippen LogP contribution in [0.5, 0.6) is 5.75 Å². The fourth-order valence-corrected chi connectivity index (χ4v) is 2.34. The quantitative estimate of drug-likeness (QED) is 0.806. The minimum absolute atomic E-state index is 0. The summed E-state index contributed by atoms with van der Waals surface area (Å²) < 4.78 is 18.6. The number of hydrogen-bond donors (Lipinski definition) is 2. The van der Waals surface area contributed by atoms with E-state index in [0.29, 0.717) is 24.9 Å².